The Morgan fingerprint density at radius 2 is 1.95 bits per heavy atom. The molecular weight excluding hydrogens is 338 g/mol. The normalized spacial score (nSPS) is 10.6. The summed E-state index contributed by atoms with van der Waals surface area (Å²) >= 11 is 5.47. The molecule has 0 aliphatic rings. The first-order chi connectivity index (χ1) is 10.7. The van der Waals surface area contributed by atoms with E-state index in [9.17, 15) is 0 Å². The third-order valence-corrected chi connectivity index (χ3v) is 3.50. The van der Waals surface area contributed by atoms with Crippen LogP contribution in [0.15, 0.2) is 30.3 Å². The highest BCUT2D eigenvalue weighted by Crippen LogP contribution is 2.03. The largest absolute Gasteiger partial charge is 0.392 e. The zero-order chi connectivity index (χ0) is 17.2. The van der Waals surface area contributed by atoms with Crippen LogP contribution in [0, 0.1) is 5.41 Å². The maximum absolute atomic E-state index is 8.54. The zero-order valence-electron chi connectivity index (χ0n) is 13.4. The first-order valence-electron chi connectivity index (χ1n) is 7.22. The number of alkyl halides is 1. The lowest BCUT2D eigenvalue weighted by molar-refractivity contribution is 0.282. The molecule has 0 aromatic heterocycles. The van der Waals surface area contributed by atoms with E-state index in [0.29, 0.717) is 18.2 Å². The molecule has 0 radical (unpaired) electrons. The molecule has 1 rings (SSSR count). The highest BCUT2D eigenvalue weighted by molar-refractivity contribution is 7.13. The number of aliphatic hydroxyl groups is 1. The van der Waals surface area contributed by atoms with Crippen LogP contribution in [0.3, 0.4) is 0 Å². The van der Waals surface area contributed by atoms with Crippen molar-refractivity contribution in [3.05, 3.63) is 35.9 Å². The molecule has 7 heteroatoms. The van der Waals surface area contributed by atoms with Crippen molar-refractivity contribution >= 4 is 36.2 Å². The van der Waals surface area contributed by atoms with Gasteiger partial charge in [-0.05, 0) is 18.4 Å². The van der Waals surface area contributed by atoms with Gasteiger partial charge >= 0.3 is 0 Å². The van der Waals surface area contributed by atoms with Crippen LogP contribution in [0.5, 0.6) is 0 Å². The van der Waals surface area contributed by atoms with Gasteiger partial charge in [0.05, 0.1) is 19.1 Å². The molecular formula is C15H29ClN2O2P2. The molecule has 0 saturated carbocycles. The number of benzene rings is 1. The third kappa shape index (κ3) is 14.8. The van der Waals surface area contributed by atoms with Gasteiger partial charge in [0.25, 0.3) is 0 Å². The quantitative estimate of drug-likeness (QED) is 0.372. The first-order valence-corrected chi connectivity index (χ1v) is 8.81. The van der Waals surface area contributed by atoms with Crippen molar-refractivity contribution in [3.8, 4) is 0 Å². The molecule has 3 unspecified atom stereocenters. The molecule has 0 heterocycles. The van der Waals surface area contributed by atoms with E-state index in [0.717, 1.165) is 18.4 Å². The fourth-order valence-electron chi connectivity index (χ4n) is 1.33. The lowest BCUT2D eigenvalue weighted by atomic mass is 10.1. The molecule has 128 valence electrons. The van der Waals surface area contributed by atoms with Gasteiger partial charge in [0, 0.05) is 21.2 Å². The van der Waals surface area contributed by atoms with Crippen molar-refractivity contribution in [2.24, 2.45) is 0 Å². The molecule has 1 aromatic carbocycles. The van der Waals surface area contributed by atoms with Gasteiger partial charge in [-0.25, -0.2) is 0 Å². The zero-order valence-corrected chi connectivity index (χ0v) is 16.5. The molecule has 0 aliphatic carbocycles. The number of hydrogen-bond donors (Lipinski definition) is 3. The summed E-state index contributed by atoms with van der Waals surface area (Å²) in [5.74, 6) is 0.325. The van der Waals surface area contributed by atoms with Crippen LogP contribution in [0.2, 0.25) is 0 Å². The van der Waals surface area contributed by atoms with Gasteiger partial charge in [-0.2, -0.15) is 0 Å². The van der Waals surface area contributed by atoms with E-state index in [1.165, 1.54) is 0 Å². The summed E-state index contributed by atoms with van der Waals surface area (Å²) in [5, 5.41) is 18.9. The number of hydrogen-bond acceptors (Lipinski definition) is 4. The Balaban J connectivity index is 0. The summed E-state index contributed by atoms with van der Waals surface area (Å²) in [6.07, 6.45) is 1.60. The monoisotopic (exact) mass is 366 g/mol. The molecule has 3 atom stereocenters. The van der Waals surface area contributed by atoms with E-state index in [1.54, 1.807) is 0 Å². The van der Waals surface area contributed by atoms with Crippen LogP contribution in [0.1, 0.15) is 32.3 Å². The van der Waals surface area contributed by atoms with E-state index < -0.39 is 0 Å². The summed E-state index contributed by atoms with van der Waals surface area (Å²) in [5.41, 5.74) is 1.54. The van der Waals surface area contributed by atoms with Crippen LogP contribution in [-0.2, 0) is 11.1 Å². The van der Waals surface area contributed by atoms with Crippen molar-refractivity contribution in [2.75, 3.05) is 12.5 Å². The van der Waals surface area contributed by atoms with Gasteiger partial charge in [0.1, 0.15) is 0 Å². The Labute approximate surface area is 144 Å². The van der Waals surface area contributed by atoms with Gasteiger partial charge in [0.15, 0.2) is 0 Å². The molecule has 0 aliphatic heterocycles. The Bertz CT molecular complexity index is 357. The van der Waals surface area contributed by atoms with Crippen molar-refractivity contribution < 1.29 is 9.63 Å². The summed E-state index contributed by atoms with van der Waals surface area (Å²) in [6, 6.07) is 9.80. The molecule has 0 bridgehead atoms. The second-order valence-electron chi connectivity index (χ2n) is 4.12. The number of halogens is 1. The van der Waals surface area contributed by atoms with Crippen molar-refractivity contribution in [1.82, 2.24) is 5.09 Å². The minimum Gasteiger partial charge on any atom is -0.392 e. The Kier molecular flexibility index (Phi) is 20.8. The van der Waals surface area contributed by atoms with E-state index in [2.05, 4.69) is 23.9 Å². The summed E-state index contributed by atoms with van der Waals surface area (Å²) in [6.45, 7) is 4.77. The summed E-state index contributed by atoms with van der Waals surface area (Å²) in [7, 11) is 4.66. The van der Waals surface area contributed by atoms with Crippen molar-refractivity contribution in [3.63, 3.8) is 0 Å². The average molecular weight is 367 g/mol. The van der Waals surface area contributed by atoms with Crippen LogP contribution in [0.25, 0.3) is 0 Å². The van der Waals surface area contributed by atoms with E-state index >= 15 is 0 Å². The van der Waals surface area contributed by atoms with Crippen LogP contribution >= 0.6 is 30.5 Å². The highest BCUT2D eigenvalue weighted by Gasteiger charge is 2.06. The molecule has 4 nitrogen and oxygen atoms in total. The first kappa shape index (κ1) is 24.2. The highest BCUT2D eigenvalue weighted by atomic mass is 35.5. The van der Waals surface area contributed by atoms with E-state index in [1.807, 2.05) is 44.2 Å². The van der Waals surface area contributed by atoms with E-state index in [-0.39, 0.29) is 12.6 Å². The molecule has 1 aromatic rings. The summed E-state index contributed by atoms with van der Waals surface area (Å²) < 4.78 is 4.90. The number of nitrogens with one attached hydrogen (secondary N) is 2. The van der Waals surface area contributed by atoms with Gasteiger partial charge in [-0.1, -0.05) is 53.6 Å². The second kappa shape index (κ2) is 19.0. The molecule has 22 heavy (non-hydrogen) atoms. The van der Waals surface area contributed by atoms with Gasteiger partial charge in [-0.3, -0.25) is 5.09 Å². The smallest absolute Gasteiger partial charge is 0.0681 e. The number of aliphatic hydroxyl groups excluding tert-OH is 1. The maximum Gasteiger partial charge on any atom is 0.0681 e. The van der Waals surface area contributed by atoms with Crippen LogP contribution in [0.4, 0.5) is 0 Å². The SMILES string of the molecule is CC.N=C(CCl)CCC(COP)NP.OCc1ccccc1. The minimum absolute atomic E-state index is 0.140. The summed E-state index contributed by atoms with van der Waals surface area (Å²) in [4.78, 5) is 0. The Morgan fingerprint density at radius 3 is 2.32 bits per heavy atom. The van der Waals surface area contributed by atoms with Crippen LogP contribution < -0.4 is 5.09 Å². The van der Waals surface area contributed by atoms with Crippen molar-refractivity contribution in [2.45, 2.75) is 39.3 Å². The molecule has 0 fully saturated rings. The molecule has 0 saturated heterocycles. The predicted octanol–water partition coefficient (Wildman–Crippen LogP) is 3.79. The second-order valence-corrected chi connectivity index (χ2v) is 5.05. The van der Waals surface area contributed by atoms with Crippen LogP contribution in [-0.4, -0.2) is 29.3 Å². The molecule has 3 N–H and O–H groups in total. The lowest BCUT2D eigenvalue weighted by Crippen LogP contribution is -2.25. The Hall–Kier alpha value is -0.0800. The molecule has 0 amide bonds. The van der Waals surface area contributed by atoms with E-state index in [4.69, 9.17) is 26.6 Å². The average Bonchev–Trinajstić information content (AvgIpc) is 2.61. The van der Waals surface area contributed by atoms with Gasteiger partial charge in [-0.15, -0.1) is 11.6 Å². The minimum atomic E-state index is 0.140. The number of rotatable bonds is 8. The lowest BCUT2D eigenvalue weighted by Gasteiger charge is -2.13. The third-order valence-electron chi connectivity index (χ3n) is 2.51. The standard InChI is InChI=1S/C7H8O.C6H15ClN2OP2.C2H6/c8-6-7-4-2-1-3-5-7;7-3-5(8)1-2-6(9-11)4-10-12;1-2/h1-5,8H,6H2;6,8-9H,1-4,11-12H2;1-2H3. The topological polar surface area (TPSA) is 65.3 Å². The van der Waals surface area contributed by atoms with Crippen molar-refractivity contribution in [1.29, 1.82) is 5.41 Å². The maximum atomic E-state index is 8.54. The fraction of sp³-hybridized carbons (Fsp3) is 0.533. The molecule has 0 spiro atoms. The van der Waals surface area contributed by atoms with Gasteiger partial charge < -0.3 is 15.0 Å². The predicted molar refractivity (Wildman–Crippen MR) is 104 cm³/mol. The van der Waals surface area contributed by atoms with Gasteiger partial charge in [0.2, 0.25) is 0 Å². The fourth-order valence-corrected chi connectivity index (χ4v) is 1.96. The Morgan fingerprint density at radius 1 is 1.36 bits per heavy atom.